The third kappa shape index (κ3) is 4.55. The van der Waals surface area contributed by atoms with Crippen molar-refractivity contribution in [2.45, 2.75) is 6.54 Å². The minimum absolute atomic E-state index is 0.265. The number of furan rings is 1. The third-order valence-electron chi connectivity index (χ3n) is 4.24. The lowest BCUT2D eigenvalue weighted by atomic mass is 10.0. The summed E-state index contributed by atoms with van der Waals surface area (Å²) in [6, 6.07) is 10.6. The standard InChI is InChI=1S/C20H18BrCl2NO3/c1-24(7-8-26-2)11-16-14-5-3-12(21)9-18(14)27-20(16)19(25)15-6-4-13(22)10-17(15)23/h3-6,9-10H,7-8,11H2,1-2H3. The molecule has 2 aromatic carbocycles. The normalized spacial score (nSPS) is 11.5. The number of hydrogen-bond donors (Lipinski definition) is 0. The molecule has 27 heavy (non-hydrogen) atoms. The Morgan fingerprint density at radius 1 is 1.22 bits per heavy atom. The first-order valence-electron chi connectivity index (χ1n) is 8.29. The van der Waals surface area contributed by atoms with Gasteiger partial charge in [0.2, 0.25) is 5.78 Å². The molecule has 0 unspecified atom stereocenters. The molecule has 0 radical (unpaired) electrons. The van der Waals surface area contributed by atoms with Gasteiger partial charge in [-0.1, -0.05) is 39.1 Å². The van der Waals surface area contributed by atoms with E-state index < -0.39 is 0 Å². The SMILES string of the molecule is COCCN(C)Cc1c(C(=O)c2ccc(Cl)cc2Cl)oc2cc(Br)ccc12. The summed E-state index contributed by atoms with van der Waals surface area (Å²) in [4.78, 5) is 15.3. The Morgan fingerprint density at radius 3 is 2.70 bits per heavy atom. The number of ketones is 1. The molecular weight excluding hydrogens is 453 g/mol. The van der Waals surface area contributed by atoms with Gasteiger partial charge in [0.05, 0.1) is 11.6 Å². The van der Waals surface area contributed by atoms with Crippen molar-refractivity contribution in [1.29, 1.82) is 0 Å². The molecule has 0 aliphatic heterocycles. The molecular formula is C20H18BrCl2NO3. The maximum absolute atomic E-state index is 13.2. The molecule has 0 fully saturated rings. The number of likely N-dealkylation sites (N-methyl/N-ethyl adjacent to an activating group) is 1. The molecule has 1 heterocycles. The average molecular weight is 471 g/mol. The number of carbonyl (C=O) groups is 1. The number of carbonyl (C=O) groups excluding carboxylic acids is 1. The Balaban J connectivity index is 2.07. The van der Waals surface area contributed by atoms with Crippen molar-refractivity contribution in [2.24, 2.45) is 0 Å². The lowest BCUT2D eigenvalue weighted by molar-refractivity contribution is 0.101. The van der Waals surface area contributed by atoms with E-state index in [2.05, 4.69) is 20.8 Å². The largest absolute Gasteiger partial charge is 0.452 e. The van der Waals surface area contributed by atoms with Gasteiger partial charge in [-0.15, -0.1) is 0 Å². The van der Waals surface area contributed by atoms with Crippen molar-refractivity contribution in [3.63, 3.8) is 0 Å². The molecule has 0 aliphatic rings. The summed E-state index contributed by atoms with van der Waals surface area (Å²) in [5.74, 6) is 0.0238. The summed E-state index contributed by atoms with van der Waals surface area (Å²) in [6.07, 6.45) is 0. The molecule has 3 rings (SSSR count). The van der Waals surface area contributed by atoms with Crippen LogP contribution in [0.5, 0.6) is 0 Å². The number of halogens is 3. The smallest absolute Gasteiger partial charge is 0.230 e. The van der Waals surface area contributed by atoms with Gasteiger partial charge in [-0.3, -0.25) is 9.69 Å². The molecule has 0 aliphatic carbocycles. The molecule has 0 N–H and O–H groups in total. The summed E-state index contributed by atoms with van der Waals surface area (Å²) in [5.41, 5.74) is 1.83. The molecule has 1 aromatic heterocycles. The van der Waals surface area contributed by atoms with E-state index >= 15 is 0 Å². The van der Waals surface area contributed by atoms with Gasteiger partial charge in [0.1, 0.15) is 5.58 Å². The Labute approximate surface area is 176 Å². The molecule has 0 bridgehead atoms. The van der Waals surface area contributed by atoms with Gasteiger partial charge in [-0.25, -0.2) is 0 Å². The Bertz CT molecular complexity index is 987. The van der Waals surface area contributed by atoms with Crippen LogP contribution in [0.1, 0.15) is 21.7 Å². The monoisotopic (exact) mass is 469 g/mol. The minimum Gasteiger partial charge on any atom is -0.452 e. The lowest BCUT2D eigenvalue weighted by Gasteiger charge is -2.16. The summed E-state index contributed by atoms with van der Waals surface area (Å²) in [5, 5.41) is 1.67. The number of hydrogen-bond acceptors (Lipinski definition) is 4. The van der Waals surface area contributed by atoms with Crippen LogP contribution in [0.2, 0.25) is 10.0 Å². The summed E-state index contributed by atoms with van der Waals surface area (Å²) < 4.78 is 12.0. The van der Waals surface area contributed by atoms with Crippen LogP contribution < -0.4 is 0 Å². The number of benzene rings is 2. The van der Waals surface area contributed by atoms with Gasteiger partial charge >= 0.3 is 0 Å². The van der Waals surface area contributed by atoms with Gasteiger partial charge in [0.15, 0.2) is 5.76 Å². The van der Waals surface area contributed by atoms with Crippen LogP contribution in [-0.2, 0) is 11.3 Å². The third-order valence-corrected chi connectivity index (χ3v) is 5.28. The lowest BCUT2D eigenvalue weighted by Crippen LogP contribution is -2.23. The van der Waals surface area contributed by atoms with E-state index in [0.29, 0.717) is 34.3 Å². The molecule has 142 valence electrons. The van der Waals surface area contributed by atoms with Crippen LogP contribution in [-0.4, -0.2) is 38.0 Å². The van der Waals surface area contributed by atoms with Gasteiger partial charge in [0.25, 0.3) is 0 Å². The van der Waals surface area contributed by atoms with E-state index in [1.165, 1.54) is 0 Å². The van der Waals surface area contributed by atoms with Crippen LogP contribution in [0.4, 0.5) is 0 Å². The number of methoxy groups -OCH3 is 1. The van der Waals surface area contributed by atoms with Crippen LogP contribution in [0.25, 0.3) is 11.0 Å². The van der Waals surface area contributed by atoms with Gasteiger partial charge in [-0.2, -0.15) is 0 Å². The zero-order valence-corrected chi connectivity index (χ0v) is 18.0. The van der Waals surface area contributed by atoms with E-state index in [1.54, 1.807) is 25.3 Å². The first-order chi connectivity index (χ1) is 12.9. The van der Waals surface area contributed by atoms with Crippen LogP contribution in [0, 0.1) is 0 Å². The molecule has 0 saturated carbocycles. The fourth-order valence-electron chi connectivity index (χ4n) is 2.86. The summed E-state index contributed by atoms with van der Waals surface area (Å²) in [6.45, 7) is 1.88. The van der Waals surface area contributed by atoms with Crippen molar-refractivity contribution < 1.29 is 13.9 Å². The Morgan fingerprint density at radius 2 is 2.00 bits per heavy atom. The van der Waals surface area contributed by atoms with E-state index in [9.17, 15) is 4.79 Å². The summed E-state index contributed by atoms with van der Waals surface area (Å²) >= 11 is 15.6. The van der Waals surface area contributed by atoms with Gasteiger partial charge < -0.3 is 9.15 Å². The summed E-state index contributed by atoms with van der Waals surface area (Å²) in [7, 11) is 3.64. The van der Waals surface area contributed by atoms with E-state index in [0.717, 1.165) is 22.0 Å². The highest BCUT2D eigenvalue weighted by Gasteiger charge is 2.24. The zero-order valence-electron chi connectivity index (χ0n) is 14.9. The molecule has 7 heteroatoms. The number of rotatable bonds is 7. The van der Waals surface area contributed by atoms with Crippen molar-refractivity contribution in [3.05, 3.63) is 67.8 Å². The number of fused-ring (bicyclic) bond motifs is 1. The number of nitrogens with zero attached hydrogens (tertiary/aromatic N) is 1. The molecule has 3 aromatic rings. The average Bonchev–Trinajstić information content (AvgIpc) is 2.97. The van der Waals surface area contributed by atoms with Crippen molar-refractivity contribution in [1.82, 2.24) is 4.90 Å². The first kappa shape index (κ1) is 20.4. The first-order valence-corrected chi connectivity index (χ1v) is 9.83. The molecule has 0 amide bonds. The highest BCUT2D eigenvalue weighted by molar-refractivity contribution is 9.10. The van der Waals surface area contributed by atoms with E-state index in [1.807, 2.05) is 25.2 Å². The van der Waals surface area contributed by atoms with Crippen molar-refractivity contribution >= 4 is 55.9 Å². The zero-order chi connectivity index (χ0) is 19.6. The maximum Gasteiger partial charge on any atom is 0.230 e. The predicted molar refractivity (Wildman–Crippen MR) is 112 cm³/mol. The van der Waals surface area contributed by atoms with Crippen LogP contribution >= 0.6 is 39.1 Å². The van der Waals surface area contributed by atoms with Gasteiger partial charge in [0, 0.05) is 46.2 Å². The van der Waals surface area contributed by atoms with Gasteiger partial charge in [-0.05, 0) is 43.4 Å². The second kappa shape index (κ2) is 8.76. The minimum atomic E-state index is -0.265. The molecule has 4 nitrogen and oxygen atoms in total. The highest BCUT2D eigenvalue weighted by Crippen LogP contribution is 2.32. The Kier molecular flexibility index (Phi) is 6.61. The topological polar surface area (TPSA) is 42.7 Å². The van der Waals surface area contributed by atoms with Crippen molar-refractivity contribution in [2.75, 3.05) is 27.3 Å². The molecule has 0 saturated heterocycles. The fourth-order valence-corrected chi connectivity index (χ4v) is 3.69. The predicted octanol–water partition coefficient (Wildman–Crippen LogP) is 5.81. The highest BCUT2D eigenvalue weighted by atomic mass is 79.9. The van der Waals surface area contributed by atoms with Crippen LogP contribution in [0.15, 0.2) is 45.3 Å². The van der Waals surface area contributed by atoms with E-state index in [-0.39, 0.29) is 11.5 Å². The molecule has 0 spiro atoms. The van der Waals surface area contributed by atoms with Crippen molar-refractivity contribution in [3.8, 4) is 0 Å². The maximum atomic E-state index is 13.2. The Hall–Kier alpha value is -1.37. The molecule has 0 atom stereocenters. The second-order valence-corrected chi connectivity index (χ2v) is 7.99. The quantitative estimate of drug-likeness (QED) is 0.408. The second-order valence-electron chi connectivity index (χ2n) is 6.23. The van der Waals surface area contributed by atoms with E-state index in [4.69, 9.17) is 32.4 Å². The fraction of sp³-hybridized carbons (Fsp3) is 0.250. The van der Waals surface area contributed by atoms with Crippen LogP contribution in [0.3, 0.4) is 0 Å². The number of ether oxygens (including phenoxy) is 1.